The zero-order valence-electron chi connectivity index (χ0n) is 7.50. The summed E-state index contributed by atoms with van der Waals surface area (Å²) in [5.41, 5.74) is 3.55. The van der Waals surface area contributed by atoms with E-state index in [2.05, 4.69) is 40.8 Å². The predicted molar refractivity (Wildman–Crippen MR) is 63.4 cm³/mol. The second kappa shape index (κ2) is 2.83. The molecule has 1 aromatic rings. The monoisotopic (exact) mass is 293 g/mol. The lowest BCUT2D eigenvalue weighted by molar-refractivity contribution is 0.802. The summed E-state index contributed by atoms with van der Waals surface area (Å²) in [4.78, 5) is 0. The lowest BCUT2D eigenvalue weighted by atomic mass is 9.93. The highest BCUT2D eigenvalue weighted by molar-refractivity contribution is 14.1. The maximum Gasteiger partial charge on any atom is 0.0994 e. The Morgan fingerprint density at radius 2 is 2.29 bits per heavy atom. The molecule has 3 rings (SSSR count). The Balaban J connectivity index is 2.27. The highest BCUT2D eigenvalue weighted by atomic mass is 127. The third-order valence-electron chi connectivity index (χ3n) is 3.19. The van der Waals surface area contributed by atoms with Crippen LogP contribution in [0.2, 0.25) is 0 Å². The molecule has 68 valence electrons. The van der Waals surface area contributed by atoms with Crippen LogP contribution in [-0.4, -0.2) is 0 Å². The van der Waals surface area contributed by atoms with Crippen molar-refractivity contribution in [3.63, 3.8) is 0 Å². The number of rotatable bonds is 0. The van der Waals surface area contributed by atoms with Crippen molar-refractivity contribution in [2.75, 3.05) is 0 Å². The smallest absolute Gasteiger partial charge is 0.0994 e. The van der Waals surface area contributed by atoms with Gasteiger partial charge >= 0.3 is 0 Å². The molecule has 0 N–H and O–H groups in total. The number of allylic oxidation sites excluding steroid dienone is 2. The van der Waals surface area contributed by atoms with Gasteiger partial charge in [0.05, 0.1) is 11.6 Å². The third kappa shape index (κ3) is 0.936. The van der Waals surface area contributed by atoms with Crippen LogP contribution in [0, 0.1) is 11.3 Å². The highest BCUT2D eigenvalue weighted by Crippen LogP contribution is 2.54. The Kier molecular flexibility index (Phi) is 1.72. The van der Waals surface area contributed by atoms with Crippen LogP contribution in [0.25, 0.3) is 0 Å². The predicted octanol–water partition coefficient (Wildman–Crippen LogP) is 3.46. The van der Waals surface area contributed by atoms with Gasteiger partial charge in [-0.2, -0.15) is 5.26 Å². The summed E-state index contributed by atoms with van der Waals surface area (Å²) in [6.45, 7) is 0. The van der Waals surface area contributed by atoms with Crippen molar-refractivity contribution in [3.8, 4) is 6.07 Å². The molecule has 0 heterocycles. The van der Waals surface area contributed by atoms with E-state index < -0.39 is 0 Å². The summed E-state index contributed by atoms with van der Waals surface area (Å²) in [6.07, 6.45) is 3.50. The van der Waals surface area contributed by atoms with Crippen LogP contribution in [0.15, 0.2) is 27.9 Å². The average molecular weight is 293 g/mol. The Bertz CT molecular complexity index is 482. The topological polar surface area (TPSA) is 23.8 Å². The maximum absolute atomic E-state index is 9.02. The standard InChI is InChI=1S/C12H8IN/c13-11-5-8-4-10(11)9-3-1-2-7(6-14)12(8)9/h1-3,5,8,10H,4H2/t8-,10+/m0/s1. The van der Waals surface area contributed by atoms with E-state index in [1.165, 1.54) is 21.1 Å². The Hall–Kier alpha value is -0.820. The molecule has 2 heteroatoms. The van der Waals surface area contributed by atoms with Gasteiger partial charge in [0.25, 0.3) is 0 Å². The minimum atomic E-state index is 0.512. The molecule has 0 unspecified atom stereocenters. The first kappa shape index (κ1) is 8.49. The number of benzene rings is 1. The largest absolute Gasteiger partial charge is 0.192 e. The van der Waals surface area contributed by atoms with Crippen molar-refractivity contribution in [2.45, 2.75) is 18.3 Å². The van der Waals surface area contributed by atoms with Gasteiger partial charge in [-0.1, -0.05) is 18.2 Å². The summed E-state index contributed by atoms with van der Waals surface area (Å²) >= 11 is 2.42. The first-order chi connectivity index (χ1) is 6.81. The second-order valence-electron chi connectivity index (χ2n) is 3.87. The zero-order chi connectivity index (χ0) is 9.71. The summed E-state index contributed by atoms with van der Waals surface area (Å²) in [5, 5.41) is 9.02. The zero-order valence-corrected chi connectivity index (χ0v) is 9.65. The molecule has 0 saturated heterocycles. The molecule has 2 aliphatic rings. The van der Waals surface area contributed by atoms with Crippen LogP contribution in [0.3, 0.4) is 0 Å². The van der Waals surface area contributed by atoms with Crippen molar-refractivity contribution in [1.29, 1.82) is 5.26 Å². The first-order valence-corrected chi connectivity index (χ1v) is 5.79. The molecule has 0 aromatic heterocycles. The molecule has 14 heavy (non-hydrogen) atoms. The number of hydrogen-bond acceptors (Lipinski definition) is 1. The van der Waals surface area contributed by atoms with Gasteiger partial charge in [-0.3, -0.25) is 0 Å². The van der Waals surface area contributed by atoms with Crippen molar-refractivity contribution < 1.29 is 0 Å². The molecule has 1 aromatic carbocycles. The van der Waals surface area contributed by atoms with E-state index in [9.17, 15) is 0 Å². The quantitative estimate of drug-likeness (QED) is 0.672. The fourth-order valence-electron chi connectivity index (χ4n) is 2.62. The van der Waals surface area contributed by atoms with E-state index in [1.54, 1.807) is 0 Å². The molecular weight excluding hydrogens is 285 g/mol. The number of nitrogens with zero attached hydrogens (tertiary/aromatic N) is 1. The van der Waals surface area contributed by atoms with Gasteiger partial charge in [0, 0.05) is 11.8 Å². The van der Waals surface area contributed by atoms with Gasteiger partial charge in [0.2, 0.25) is 0 Å². The number of nitriles is 1. The van der Waals surface area contributed by atoms with E-state index in [1.807, 2.05) is 12.1 Å². The lowest BCUT2D eigenvalue weighted by Crippen LogP contribution is -1.98. The van der Waals surface area contributed by atoms with Gasteiger partial charge in [-0.05, 0) is 49.8 Å². The fraction of sp³-hybridized carbons (Fsp3) is 0.250. The third-order valence-corrected chi connectivity index (χ3v) is 4.30. The average Bonchev–Trinajstić information content (AvgIpc) is 2.74. The van der Waals surface area contributed by atoms with E-state index in [-0.39, 0.29) is 0 Å². The van der Waals surface area contributed by atoms with E-state index in [0.29, 0.717) is 11.8 Å². The van der Waals surface area contributed by atoms with E-state index >= 15 is 0 Å². The van der Waals surface area contributed by atoms with Gasteiger partial charge in [-0.25, -0.2) is 0 Å². The summed E-state index contributed by atoms with van der Waals surface area (Å²) in [7, 11) is 0. The lowest BCUT2D eigenvalue weighted by Gasteiger charge is -2.13. The van der Waals surface area contributed by atoms with Crippen molar-refractivity contribution in [1.82, 2.24) is 0 Å². The van der Waals surface area contributed by atoms with Gasteiger partial charge in [-0.15, -0.1) is 0 Å². The van der Waals surface area contributed by atoms with Crippen LogP contribution in [0.1, 0.15) is 34.9 Å². The number of halogens is 1. The Morgan fingerprint density at radius 3 is 3.07 bits per heavy atom. The molecule has 0 saturated carbocycles. The molecule has 0 aliphatic heterocycles. The first-order valence-electron chi connectivity index (χ1n) is 4.71. The molecular formula is C12H8IN. The second-order valence-corrected chi connectivity index (χ2v) is 5.11. The SMILES string of the molecule is N#Cc1cccc2c1[C@@H]1C=C(I)[C@@H]2C1. The summed E-state index contributed by atoms with van der Waals surface area (Å²) < 4.78 is 1.45. The molecule has 1 nitrogen and oxygen atoms in total. The van der Waals surface area contributed by atoms with Crippen LogP contribution >= 0.6 is 22.6 Å². The van der Waals surface area contributed by atoms with Crippen molar-refractivity contribution in [2.24, 2.45) is 0 Å². The van der Waals surface area contributed by atoms with Crippen LogP contribution in [0.5, 0.6) is 0 Å². The summed E-state index contributed by atoms with van der Waals surface area (Å²) in [5.74, 6) is 1.10. The van der Waals surface area contributed by atoms with E-state index in [4.69, 9.17) is 5.26 Å². The normalized spacial score (nSPS) is 27.0. The molecule has 0 fully saturated rings. The molecule has 2 aliphatic carbocycles. The molecule has 2 atom stereocenters. The highest BCUT2D eigenvalue weighted by Gasteiger charge is 2.38. The summed E-state index contributed by atoms with van der Waals surface area (Å²) in [6, 6.07) is 8.40. The fourth-order valence-corrected chi connectivity index (χ4v) is 3.64. The Morgan fingerprint density at radius 1 is 1.43 bits per heavy atom. The van der Waals surface area contributed by atoms with E-state index in [0.717, 1.165) is 5.56 Å². The minimum Gasteiger partial charge on any atom is -0.192 e. The van der Waals surface area contributed by atoms with Crippen LogP contribution in [-0.2, 0) is 0 Å². The van der Waals surface area contributed by atoms with Crippen LogP contribution in [0.4, 0.5) is 0 Å². The molecule has 0 spiro atoms. The minimum absolute atomic E-state index is 0.512. The van der Waals surface area contributed by atoms with Gasteiger partial charge < -0.3 is 0 Å². The van der Waals surface area contributed by atoms with Gasteiger partial charge in [0.1, 0.15) is 0 Å². The van der Waals surface area contributed by atoms with Crippen molar-refractivity contribution in [3.05, 3.63) is 44.5 Å². The van der Waals surface area contributed by atoms with Crippen LogP contribution < -0.4 is 0 Å². The number of fused-ring (bicyclic) bond motifs is 5. The van der Waals surface area contributed by atoms with Crippen molar-refractivity contribution >= 4 is 22.6 Å². The number of hydrogen-bond donors (Lipinski definition) is 0. The molecule has 0 amide bonds. The van der Waals surface area contributed by atoms with Gasteiger partial charge in [0.15, 0.2) is 0 Å². The molecule has 0 radical (unpaired) electrons. The Labute approximate surface area is 96.6 Å². The molecule has 2 bridgehead atoms. The maximum atomic E-state index is 9.02.